The zero-order chi connectivity index (χ0) is 23.6. The van der Waals surface area contributed by atoms with Gasteiger partial charge in [0, 0.05) is 38.3 Å². The molecule has 0 aromatic heterocycles. The molecule has 1 atom stereocenters. The number of hydrogen-bond acceptors (Lipinski definition) is 5. The number of nitrogens with zero attached hydrogens (tertiary/aromatic N) is 2. The Morgan fingerprint density at radius 3 is 2.33 bits per heavy atom. The average molecular weight is 454 g/mol. The summed E-state index contributed by atoms with van der Waals surface area (Å²) in [7, 11) is 1.64. The number of anilines is 1. The summed E-state index contributed by atoms with van der Waals surface area (Å²) in [6.07, 6.45) is 2.05. The molecule has 0 spiro atoms. The molecule has 1 unspecified atom stereocenters. The summed E-state index contributed by atoms with van der Waals surface area (Å²) < 4.78 is 10.6. The van der Waals surface area contributed by atoms with E-state index in [0.717, 1.165) is 42.3 Å². The van der Waals surface area contributed by atoms with Gasteiger partial charge in [-0.1, -0.05) is 12.1 Å². The Kier molecular flexibility index (Phi) is 9.13. The lowest BCUT2D eigenvalue weighted by atomic mass is 10.1. The lowest BCUT2D eigenvalue weighted by Crippen LogP contribution is -2.44. The number of benzene rings is 2. The summed E-state index contributed by atoms with van der Waals surface area (Å²) in [6.45, 7) is 7.32. The van der Waals surface area contributed by atoms with Crippen LogP contribution in [0.5, 0.6) is 11.5 Å². The monoisotopic (exact) mass is 453 g/mol. The van der Waals surface area contributed by atoms with Crippen molar-refractivity contribution in [3.05, 3.63) is 54.1 Å². The van der Waals surface area contributed by atoms with Crippen molar-refractivity contribution < 1.29 is 19.1 Å². The molecular formula is C26H35N3O4. The Balaban J connectivity index is 1.46. The fourth-order valence-corrected chi connectivity index (χ4v) is 3.99. The van der Waals surface area contributed by atoms with Crippen molar-refractivity contribution in [2.45, 2.75) is 39.2 Å². The number of aryl methyl sites for hydroxylation is 1. The Morgan fingerprint density at radius 2 is 1.67 bits per heavy atom. The van der Waals surface area contributed by atoms with E-state index in [1.807, 2.05) is 67.3 Å². The summed E-state index contributed by atoms with van der Waals surface area (Å²) >= 11 is 0. The zero-order valence-electron chi connectivity index (χ0n) is 19.9. The van der Waals surface area contributed by atoms with Crippen molar-refractivity contribution in [3.8, 4) is 11.5 Å². The minimum absolute atomic E-state index is 0.0431. The van der Waals surface area contributed by atoms with Gasteiger partial charge in [0.2, 0.25) is 11.8 Å². The van der Waals surface area contributed by atoms with Crippen LogP contribution >= 0.6 is 0 Å². The van der Waals surface area contributed by atoms with Crippen molar-refractivity contribution in [1.29, 1.82) is 0 Å². The van der Waals surface area contributed by atoms with Crippen molar-refractivity contribution in [1.82, 2.24) is 9.80 Å². The maximum atomic E-state index is 12.8. The fourth-order valence-electron chi connectivity index (χ4n) is 3.99. The molecule has 0 aliphatic carbocycles. The molecule has 7 heteroatoms. The number of hydrogen-bond donors (Lipinski definition) is 1. The first kappa shape index (κ1) is 24.6. The second kappa shape index (κ2) is 12.3. The molecule has 3 rings (SSSR count). The van der Waals surface area contributed by atoms with Crippen LogP contribution in [-0.4, -0.2) is 67.6 Å². The Morgan fingerprint density at radius 1 is 0.970 bits per heavy atom. The molecule has 2 amide bonds. The molecule has 1 aliphatic rings. The van der Waals surface area contributed by atoms with E-state index in [1.165, 1.54) is 0 Å². The largest absolute Gasteiger partial charge is 0.497 e. The van der Waals surface area contributed by atoms with Gasteiger partial charge in [-0.2, -0.15) is 0 Å². The van der Waals surface area contributed by atoms with Crippen LogP contribution in [0.3, 0.4) is 0 Å². The smallest absolute Gasteiger partial charge is 0.241 e. The third kappa shape index (κ3) is 7.22. The van der Waals surface area contributed by atoms with Crippen LogP contribution in [0.4, 0.5) is 5.69 Å². The molecule has 2 aromatic carbocycles. The molecule has 1 aliphatic heterocycles. The molecule has 1 N–H and O–H groups in total. The highest BCUT2D eigenvalue weighted by Crippen LogP contribution is 2.17. The van der Waals surface area contributed by atoms with E-state index in [-0.39, 0.29) is 17.9 Å². The molecule has 33 heavy (non-hydrogen) atoms. The summed E-state index contributed by atoms with van der Waals surface area (Å²) in [5, 5.41) is 2.98. The summed E-state index contributed by atoms with van der Waals surface area (Å²) in [5.41, 5.74) is 1.88. The fraction of sp³-hybridized carbons (Fsp3) is 0.462. The zero-order valence-corrected chi connectivity index (χ0v) is 19.9. The first-order valence-corrected chi connectivity index (χ1v) is 11.7. The van der Waals surface area contributed by atoms with Crippen LogP contribution in [0.2, 0.25) is 0 Å². The lowest BCUT2D eigenvalue weighted by molar-refractivity contribution is -0.131. The number of carbonyl (C=O) groups excluding carboxylic acids is 2. The van der Waals surface area contributed by atoms with Crippen LogP contribution in [-0.2, 0) is 16.0 Å². The maximum Gasteiger partial charge on any atom is 0.241 e. The van der Waals surface area contributed by atoms with Crippen LogP contribution < -0.4 is 14.8 Å². The van der Waals surface area contributed by atoms with Gasteiger partial charge >= 0.3 is 0 Å². The van der Waals surface area contributed by atoms with Gasteiger partial charge in [-0.25, -0.2) is 0 Å². The summed E-state index contributed by atoms with van der Waals surface area (Å²) in [5.74, 6) is 1.73. The van der Waals surface area contributed by atoms with Gasteiger partial charge in [0.25, 0.3) is 0 Å². The minimum Gasteiger partial charge on any atom is -0.497 e. The van der Waals surface area contributed by atoms with Crippen LogP contribution in [0, 0.1) is 0 Å². The van der Waals surface area contributed by atoms with Gasteiger partial charge in [0.1, 0.15) is 11.5 Å². The molecule has 0 saturated carbocycles. The summed E-state index contributed by atoms with van der Waals surface area (Å²) in [6, 6.07) is 15.0. The Labute approximate surface area is 196 Å². The maximum absolute atomic E-state index is 12.8. The van der Waals surface area contributed by atoms with E-state index in [2.05, 4.69) is 10.2 Å². The number of ether oxygens (including phenoxy) is 2. The topological polar surface area (TPSA) is 71.1 Å². The number of rotatable bonds is 9. The van der Waals surface area contributed by atoms with Gasteiger partial charge in [0.15, 0.2) is 0 Å². The number of methoxy groups -OCH3 is 1. The molecule has 7 nitrogen and oxygen atoms in total. The van der Waals surface area contributed by atoms with Crippen molar-refractivity contribution in [3.63, 3.8) is 0 Å². The van der Waals surface area contributed by atoms with Crippen LogP contribution in [0.25, 0.3) is 0 Å². The van der Waals surface area contributed by atoms with Gasteiger partial charge in [0.05, 0.1) is 19.8 Å². The highest BCUT2D eigenvalue weighted by atomic mass is 16.5. The highest BCUT2D eigenvalue weighted by molar-refractivity contribution is 5.94. The van der Waals surface area contributed by atoms with Crippen molar-refractivity contribution in [2.75, 3.05) is 45.2 Å². The first-order chi connectivity index (χ1) is 16.0. The predicted octanol–water partition coefficient (Wildman–Crippen LogP) is 3.59. The van der Waals surface area contributed by atoms with Crippen molar-refractivity contribution >= 4 is 17.5 Å². The van der Waals surface area contributed by atoms with Crippen LogP contribution in [0.15, 0.2) is 48.5 Å². The highest BCUT2D eigenvalue weighted by Gasteiger charge is 2.25. The van der Waals surface area contributed by atoms with Gasteiger partial charge in [-0.15, -0.1) is 0 Å². The van der Waals surface area contributed by atoms with Gasteiger partial charge in [-0.05, 0) is 68.7 Å². The minimum atomic E-state index is -0.272. The van der Waals surface area contributed by atoms with E-state index in [4.69, 9.17) is 9.47 Å². The van der Waals surface area contributed by atoms with E-state index >= 15 is 0 Å². The van der Waals surface area contributed by atoms with E-state index in [0.29, 0.717) is 32.5 Å². The third-order valence-electron chi connectivity index (χ3n) is 6.03. The second-order valence-electron chi connectivity index (χ2n) is 8.24. The number of nitrogens with one attached hydrogen (secondary N) is 1. The first-order valence-electron chi connectivity index (χ1n) is 11.7. The Hall–Kier alpha value is -3.06. The van der Waals surface area contributed by atoms with E-state index in [1.54, 1.807) is 7.11 Å². The van der Waals surface area contributed by atoms with Crippen LogP contribution in [0.1, 0.15) is 32.3 Å². The number of amides is 2. The standard InChI is InChI=1S/C26H35N3O4/c1-4-33-24-13-9-22(10-14-24)27-26(31)20(2)28-16-5-17-29(19-18-28)25(30)15-8-21-6-11-23(32-3)12-7-21/h6-7,9-14,20H,4-5,8,15-19H2,1-3H3,(H,27,31). The molecule has 0 radical (unpaired) electrons. The molecule has 1 heterocycles. The normalized spacial score (nSPS) is 15.4. The molecule has 178 valence electrons. The Bertz CT molecular complexity index is 899. The quantitative estimate of drug-likeness (QED) is 0.628. The lowest BCUT2D eigenvalue weighted by Gasteiger charge is -2.27. The van der Waals surface area contributed by atoms with E-state index in [9.17, 15) is 9.59 Å². The molecule has 0 bridgehead atoms. The van der Waals surface area contributed by atoms with E-state index < -0.39 is 0 Å². The number of carbonyl (C=O) groups is 2. The van der Waals surface area contributed by atoms with Crippen molar-refractivity contribution in [2.24, 2.45) is 0 Å². The molecule has 1 fully saturated rings. The second-order valence-corrected chi connectivity index (χ2v) is 8.24. The van der Waals surface area contributed by atoms with Gasteiger partial charge in [-0.3, -0.25) is 14.5 Å². The molecular weight excluding hydrogens is 418 g/mol. The summed E-state index contributed by atoms with van der Waals surface area (Å²) in [4.78, 5) is 29.6. The predicted molar refractivity (Wildman–Crippen MR) is 130 cm³/mol. The van der Waals surface area contributed by atoms with Gasteiger partial charge < -0.3 is 19.7 Å². The average Bonchev–Trinajstić information content (AvgIpc) is 3.10. The molecule has 1 saturated heterocycles. The third-order valence-corrected chi connectivity index (χ3v) is 6.03. The SMILES string of the molecule is CCOc1ccc(NC(=O)C(C)N2CCCN(C(=O)CCc3ccc(OC)cc3)CC2)cc1. The molecule has 2 aromatic rings.